The van der Waals surface area contributed by atoms with Gasteiger partial charge in [-0.3, -0.25) is 14.6 Å². The van der Waals surface area contributed by atoms with Crippen LogP contribution in [-0.4, -0.2) is 77.7 Å². The minimum absolute atomic E-state index is 0.130. The Morgan fingerprint density at radius 2 is 2.11 bits per heavy atom. The van der Waals surface area contributed by atoms with Crippen LogP contribution in [0.3, 0.4) is 0 Å². The summed E-state index contributed by atoms with van der Waals surface area (Å²) in [4.78, 5) is 22.0. The number of ether oxygens (including phenoxy) is 1. The van der Waals surface area contributed by atoms with Gasteiger partial charge in [0.15, 0.2) is 0 Å². The summed E-state index contributed by atoms with van der Waals surface area (Å²) >= 11 is 0. The van der Waals surface area contributed by atoms with E-state index in [2.05, 4.69) is 37.8 Å². The molecule has 152 valence electrons. The Morgan fingerprint density at radius 3 is 2.85 bits per heavy atom. The van der Waals surface area contributed by atoms with Crippen LogP contribution in [0.25, 0.3) is 0 Å². The van der Waals surface area contributed by atoms with Gasteiger partial charge in [-0.1, -0.05) is 0 Å². The monoisotopic (exact) mass is 377 g/mol. The highest BCUT2D eigenvalue weighted by molar-refractivity contribution is 5.78. The molecule has 7 heteroatoms. The molecule has 1 N–H and O–H groups in total. The van der Waals surface area contributed by atoms with Crippen molar-refractivity contribution in [2.24, 2.45) is 5.92 Å². The normalized spacial score (nSPS) is 22.8. The standard InChI is InChI=1S/C20H35N5O2/c1-3-24-13-8-21-19(24)16-23-11-6-18(7-12-23)25-10-4-5-17(15-25)20(26)22-9-14-27-2/h8,13,17-18H,3-7,9-12,14-16H2,1-2H3,(H,22,26). The van der Waals surface area contributed by atoms with Gasteiger partial charge in [0.25, 0.3) is 0 Å². The van der Waals surface area contributed by atoms with Crippen molar-refractivity contribution in [2.45, 2.75) is 51.7 Å². The Kier molecular flexibility index (Phi) is 7.67. The van der Waals surface area contributed by atoms with Crippen LogP contribution in [0.1, 0.15) is 38.4 Å². The Bertz CT molecular complexity index is 583. The van der Waals surface area contributed by atoms with E-state index in [1.165, 1.54) is 18.7 Å². The number of nitrogens with one attached hydrogen (secondary N) is 1. The fourth-order valence-corrected chi connectivity index (χ4v) is 4.39. The highest BCUT2D eigenvalue weighted by Gasteiger charge is 2.31. The zero-order chi connectivity index (χ0) is 19.1. The van der Waals surface area contributed by atoms with Crippen LogP contribution in [0, 0.1) is 5.92 Å². The Balaban J connectivity index is 1.44. The molecule has 1 amide bonds. The molecule has 2 saturated heterocycles. The highest BCUT2D eigenvalue weighted by Crippen LogP contribution is 2.24. The molecule has 0 saturated carbocycles. The van der Waals surface area contributed by atoms with E-state index < -0.39 is 0 Å². The van der Waals surface area contributed by atoms with Gasteiger partial charge in [-0.05, 0) is 39.2 Å². The fraction of sp³-hybridized carbons (Fsp3) is 0.800. The minimum Gasteiger partial charge on any atom is -0.383 e. The summed E-state index contributed by atoms with van der Waals surface area (Å²) in [6.45, 7) is 9.54. The second-order valence-electron chi connectivity index (χ2n) is 7.75. The van der Waals surface area contributed by atoms with E-state index >= 15 is 0 Å². The molecule has 2 aliphatic rings. The molecule has 0 aliphatic carbocycles. The maximum atomic E-state index is 12.4. The van der Waals surface area contributed by atoms with Gasteiger partial charge in [0, 0.05) is 58.3 Å². The van der Waals surface area contributed by atoms with E-state index in [9.17, 15) is 4.79 Å². The summed E-state index contributed by atoms with van der Waals surface area (Å²) in [7, 11) is 1.66. The van der Waals surface area contributed by atoms with E-state index in [4.69, 9.17) is 4.74 Å². The van der Waals surface area contributed by atoms with Crippen LogP contribution in [-0.2, 0) is 22.6 Å². The summed E-state index contributed by atoms with van der Waals surface area (Å²) in [5, 5.41) is 3.01. The number of amides is 1. The lowest BCUT2D eigenvalue weighted by Crippen LogP contribution is -2.50. The number of rotatable bonds is 8. The number of hydrogen-bond donors (Lipinski definition) is 1. The number of nitrogens with zero attached hydrogens (tertiary/aromatic N) is 4. The Labute approximate surface area is 163 Å². The molecule has 27 heavy (non-hydrogen) atoms. The fourth-order valence-electron chi connectivity index (χ4n) is 4.39. The second-order valence-corrected chi connectivity index (χ2v) is 7.75. The van der Waals surface area contributed by atoms with Gasteiger partial charge in [-0.15, -0.1) is 0 Å². The second kappa shape index (κ2) is 10.2. The summed E-state index contributed by atoms with van der Waals surface area (Å²) in [6, 6.07) is 0.613. The lowest BCUT2D eigenvalue weighted by atomic mass is 9.93. The van der Waals surface area contributed by atoms with Crippen molar-refractivity contribution in [2.75, 3.05) is 46.4 Å². The van der Waals surface area contributed by atoms with Gasteiger partial charge >= 0.3 is 0 Å². The SMILES string of the molecule is CCn1ccnc1CN1CCC(N2CCCC(C(=O)NCCOC)C2)CC1. The number of carbonyl (C=O) groups excluding carboxylic acids is 1. The molecule has 1 unspecified atom stereocenters. The first-order valence-electron chi connectivity index (χ1n) is 10.4. The average molecular weight is 378 g/mol. The highest BCUT2D eigenvalue weighted by atomic mass is 16.5. The molecule has 3 heterocycles. The number of carbonyl (C=O) groups is 1. The first-order valence-corrected chi connectivity index (χ1v) is 10.4. The predicted molar refractivity (Wildman–Crippen MR) is 105 cm³/mol. The summed E-state index contributed by atoms with van der Waals surface area (Å²) < 4.78 is 7.25. The van der Waals surface area contributed by atoms with Crippen molar-refractivity contribution >= 4 is 5.91 Å². The number of hydrogen-bond acceptors (Lipinski definition) is 5. The third-order valence-electron chi connectivity index (χ3n) is 6.01. The van der Waals surface area contributed by atoms with E-state index in [1.54, 1.807) is 7.11 Å². The largest absolute Gasteiger partial charge is 0.383 e. The van der Waals surface area contributed by atoms with Crippen LogP contribution in [0.5, 0.6) is 0 Å². The quantitative estimate of drug-likeness (QED) is 0.693. The molecule has 0 aromatic carbocycles. The smallest absolute Gasteiger partial charge is 0.224 e. The molecule has 3 rings (SSSR count). The lowest BCUT2D eigenvalue weighted by Gasteiger charge is -2.42. The number of methoxy groups -OCH3 is 1. The van der Waals surface area contributed by atoms with Crippen LogP contribution in [0.2, 0.25) is 0 Å². The van der Waals surface area contributed by atoms with Crippen molar-refractivity contribution in [3.63, 3.8) is 0 Å². The molecule has 1 aromatic rings. The van der Waals surface area contributed by atoms with Crippen molar-refractivity contribution in [1.82, 2.24) is 24.7 Å². The number of piperidine rings is 2. The topological polar surface area (TPSA) is 62.6 Å². The first-order chi connectivity index (χ1) is 13.2. The summed E-state index contributed by atoms with van der Waals surface area (Å²) in [5.41, 5.74) is 0. The molecule has 1 aromatic heterocycles. The molecule has 2 aliphatic heterocycles. The number of likely N-dealkylation sites (tertiary alicyclic amines) is 2. The molecule has 0 radical (unpaired) electrons. The van der Waals surface area contributed by atoms with Crippen LogP contribution in [0.4, 0.5) is 0 Å². The van der Waals surface area contributed by atoms with Crippen molar-refractivity contribution in [3.05, 3.63) is 18.2 Å². The van der Waals surface area contributed by atoms with E-state index in [0.29, 0.717) is 19.2 Å². The van der Waals surface area contributed by atoms with Gasteiger partial charge in [0.1, 0.15) is 5.82 Å². The maximum absolute atomic E-state index is 12.4. The molecular formula is C20H35N5O2. The van der Waals surface area contributed by atoms with Crippen molar-refractivity contribution < 1.29 is 9.53 Å². The number of imidazole rings is 1. The van der Waals surface area contributed by atoms with Gasteiger partial charge < -0.3 is 14.6 Å². The van der Waals surface area contributed by atoms with E-state index in [0.717, 1.165) is 52.1 Å². The zero-order valence-electron chi connectivity index (χ0n) is 16.9. The van der Waals surface area contributed by atoms with Gasteiger partial charge in [-0.2, -0.15) is 0 Å². The summed E-state index contributed by atoms with van der Waals surface area (Å²) in [6.07, 6.45) is 8.46. The van der Waals surface area contributed by atoms with E-state index in [-0.39, 0.29) is 11.8 Å². The molecule has 7 nitrogen and oxygen atoms in total. The molecule has 0 bridgehead atoms. The van der Waals surface area contributed by atoms with Gasteiger partial charge in [0.2, 0.25) is 5.91 Å². The Morgan fingerprint density at radius 1 is 1.30 bits per heavy atom. The minimum atomic E-state index is 0.130. The van der Waals surface area contributed by atoms with Crippen LogP contribution < -0.4 is 5.32 Å². The average Bonchev–Trinajstić information content (AvgIpc) is 3.16. The molecule has 2 fully saturated rings. The third-order valence-corrected chi connectivity index (χ3v) is 6.01. The maximum Gasteiger partial charge on any atom is 0.224 e. The van der Waals surface area contributed by atoms with Crippen molar-refractivity contribution in [1.29, 1.82) is 0 Å². The lowest BCUT2D eigenvalue weighted by molar-refractivity contribution is -0.127. The molecular weight excluding hydrogens is 342 g/mol. The first kappa shape index (κ1) is 20.3. The number of aryl methyl sites for hydroxylation is 1. The zero-order valence-corrected chi connectivity index (χ0v) is 16.9. The van der Waals surface area contributed by atoms with Gasteiger partial charge in [-0.25, -0.2) is 4.98 Å². The molecule has 0 spiro atoms. The van der Waals surface area contributed by atoms with E-state index in [1.807, 2.05) is 6.20 Å². The molecule has 1 atom stereocenters. The summed E-state index contributed by atoms with van der Waals surface area (Å²) in [5.74, 6) is 1.49. The third kappa shape index (κ3) is 5.53. The predicted octanol–water partition coefficient (Wildman–Crippen LogP) is 1.34. The number of aromatic nitrogens is 2. The van der Waals surface area contributed by atoms with Gasteiger partial charge in [0.05, 0.1) is 19.1 Å². The van der Waals surface area contributed by atoms with Crippen LogP contribution >= 0.6 is 0 Å². The Hall–Kier alpha value is -1.44. The van der Waals surface area contributed by atoms with Crippen molar-refractivity contribution in [3.8, 4) is 0 Å². The van der Waals surface area contributed by atoms with Crippen LogP contribution in [0.15, 0.2) is 12.4 Å².